The number of aryl methyl sites for hydroxylation is 1. The number of nitrogens with one attached hydrogen (secondary N) is 1. The van der Waals surface area contributed by atoms with Crippen LogP contribution in [0, 0.1) is 13.8 Å². The number of carbonyl (C=O) groups is 1. The number of anilines is 2. The van der Waals surface area contributed by atoms with E-state index < -0.39 is 0 Å². The summed E-state index contributed by atoms with van der Waals surface area (Å²) in [5.41, 5.74) is 8.02. The molecule has 0 saturated heterocycles. The SMILES string of the molecule is COc1c(N)cccc1C(=O)Nc1onc(C)c1C. The van der Waals surface area contributed by atoms with E-state index in [4.69, 9.17) is 15.0 Å². The third-order valence-electron chi connectivity index (χ3n) is 2.88. The average Bonchev–Trinajstić information content (AvgIpc) is 2.70. The molecule has 0 radical (unpaired) electrons. The first kappa shape index (κ1) is 12.9. The molecular formula is C13H15N3O3. The van der Waals surface area contributed by atoms with Crippen molar-refractivity contribution in [2.24, 2.45) is 0 Å². The number of benzene rings is 1. The first-order chi connectivity index (χ1) is 9.04. The van der Waals surface area contributed by atoms with Gasteiger partial charge in [0.25, 0.3) is 5.91 Å². The van der Waals surface area contributed by atoms with E-state index in [0.717, 1.165) is 11.3 Å². The van der Waals surface area contributed by atoms with Crippen LogP contribution in [0.5, 0.6) is 5.75 Å². The Balaban J connectivity index is 2.30. The molecule has 3 N–H and O–H groups in total. The zero-order chi connectivity index (χ0) is 14.0. The number of carbonyl (C=O) groups excluding carboxylic acids is 1. The topological polar surface area (TPSA) is 90.4 Å². The van der Waals surface area contributed by atoms with Crippen molar-refractivity contribution in [1.82, 2.24) is 5.16 Å². The smallest absolute Gasteiger partial charge is 0.261 e. The number of nitrogen functional groups attached to an aromatic ring is 1. The highest BCUT2D eigenvalue weighted by Gasteiger charge is 2.17. The number of ether oxygens (including phenoxy) is 1. The first-order valence-electron chi connectivity index (χ1n) is 5.71. The second-order valence-electron chi connectivity index (χ2n) is 4.10. The van der Waals surface area contributed by atoms with Gasteiger partial charge in [-0.05, 0) is 26.0 Å². The summed E-state index contributed by atoms with van der Waals surface area (Å²) in [6.07, 6.45) is 0. The number of nitrogens with zero attached hydrogens (tertiary/aromatic N) is 1. The van der Waals surface area contributed by atoms with E-state index in [1.807, 2.05) is 6.92 Å². The lowest BCUT2D eigenvalue weighted by molar-refractivity contribution is 0.102. The van der Waals surface area contributed by atoms with Crippen molar-refractivity contribution in [1.29, 1.82) is 0 Å². The molecule has 0 aliphatic heterocycles. The van der Waals surface area contributed by atoms with Gasteiger partial charge in [0, 0.05) is 5.56 Å². The Kier molecular flexibility index (Phi) is 3.41. The predicted molar refractivity (Wildman–Crippen MR) is 71.3 cm³/mol. The largest absolute Gasteiger partial charge is 0.494 e. The Hall–Kier alpha value is -2.50. The quantitative estimate of drug-likeness (QED) is 0.826. The molecule has 6 heteroatoms. The summed E-state index contributed by atoms with van der Waals surface area (Å²) in [6.45, 7) is 3.62. The van der Waals surface area contributed by atoms with Crippen LogP contribution >= 0.6 is 0 Å². The maximum absolute atomic E-state index is 12.2. The van der Waals surface area contributed by atoms with Crippen LogP contribution in [0.25, 0.3) is 0 Å². The third kappa shape index (κ3) is 2.37. The number of hydrogen-bond donors (Lipinski definition) is 2. The number of rotatable bonds is 3. The molecule has 0 atom stereocenters. The minimum Gasteiger partial charge on any atom is -0.494 e. The van der Waals surface area contributed by atoms with Gasteiger partial charge in [0.05, 0.1) is 24.1 Å². The highest BCUT2D eigenvalue weighted by molar-refractivity contribution is 6.06. The third-order valence-corrected chi connectivity index (χ3v) is 2.88. The minimum absolute atomic E-state index is 0.326. The van der Waals surface area contributed by atoms with Crippen molar-refractivity contribution < 1.29 is 14.1 Å². The first-order valence-corrected chi connectivity index (χ1v) is 5.71. The molecule has 0 saturated carbocycles. The van der Waals surface area contributed by atoms with Crippen LogP contribution in [-0.2, 0) is 0 Å². The molecular weight excluding hydrogens is 246 g/mol. The van der Waals surface area contributed by atoms with Crippen LogP contribution in [0.1, 0.15) is 21.6 Å². The summed E-state index contributed by atoms with van der Waals surface area (Å²) in [4.78, 5) is 12.2. The van der Waals surface area contributed by atoms with Crippen molar-refractivity contribution in [2.75, 3.05) is 18.2 Å². The molecule has 1 aromatic heterocycles. The van der Waals surface area contributed by atoms with Gasteiger partial charge in [-0.3, -0.25) is 10.1 Å². The normalized spacial score (nSPS) is 10.3. The zero-order valence-electron chi connectivity index (χ0n) is 11.0. The zero-order valence-corrected chi connectivity index (χ0v) is 11.0. The van der Waals surface area contributed by atoms with Crippen LogP contribution < -0.4 is 15.8 Å². The van der Waals surface area contributed by atoms with Crippen LogP contribution in [-0.4, -0.2) is 18.2 Å². The van der Waals surface area contributed by atoms with E-state index in [1.54, 1.807) is 25.1 Å². The molecule has 0 aliphatic rings. The van der Waals surface area contributed by atoms with Crippen molar-refractivity contribution in [2.45, 2.75) is 13.8 Å². The monoisotopic (exact) mass is 261 g/mol. The standard InChI is InChI=1S/C13H15N3O3/c1-7-8(2)16-19-13(7)15-12(17)9-5-4-6-10(14)11(9)18-3/h4-6H,14H2,1-3H3,(H,15,17). The summed E-state index contributed by atoms with van der Waals surface area (Å²) in [7, 11) is 1.46. The number of hydrogen-bond acceptors (Lipinski definition) is 5. The fourth-order valence-electron chi connectivity index (χ4n) is 1.66. The molecule has 0 bridgehead atoms. The molecule has 0 spiro atoms. The van der Waals surface area contributed by atoms with E-state index >= 15 is 0 Å². The Morgan fingerprint density at radius 1 is 1.42 bits per heavy atom. The Labute approximate surface area is 110 Å². The number of methoxy groups -OCH3 is 1. The average molecular weight is 261 g/mol. The lowest BCUT2D eigenvalue weighted by atomic mass is 10.1. The fraction of sp³-hybridized carbons (Fsp3) is 0.231. The molecule has 1 aromatic carbocycles. The maximum Gasteiger partial charge on any atom is 0.261 e. The second-order valence-corrected chi connectivity index (χ2v) is 4.10. The van der Waals surface area contributed by atoms with Crippen molar-refractivity contribution in [3.8, 4) is 5.75 Å². The summed E-state index contributed by atoms with van der Waals surface area (Å²) >= 11 is 0. The number of nitrogens with two attached hydrogens (primary N) is 1. The van der Waals surface area contributed by atoms with Gasteiger partial charge in [0.15, 0.2) is 5.75 Å². The van der Waals surface area contributed by atoms with Gasteiger partial charge in [0.1, 0.15) is 0 Å². The molecule has 6 nitrogen and oxygen atoms in total. The second kappa shape index (κ2) is 5.01. The number of para-hydroxylation sites is 1. The van der Waals surface area contributed by atoms with Crippen LogP contribution in [0.3, 0.4) is 0 Å². The summed E-state index contributed by atoms with van der Waals surface area (Å²) in [6, 6.07) is 4.98. The molecule has 2 rings (SSSR count). The van der Waals surface area contributed by atoms with Crippen molar-refractivity contribution in [3.63, 3.8) is 0 Å². The molecule has 1 heterocycles. The number of aromatic nitrogens is 1. The highest BCUT2D eigenvalue weighted by Crippen LogP contribution is 2.27. The molecule has 100 valence electrons. The summed E-state index contributed by atoms with van der Waals surface area (Å²) < 4.78 is 10.2. The summed E-state index contributed by atoms with van der Waals surface area (Å²) in [5.74, 6) is 0.310. The van der Waals surface area contributed by atoms with E-state index in [-0.39, 0.29) is 5.91 Å². The lowest BCUT2D eigenvalue weighted by Crippen LogP contribution is -2.14. The molecule has 0 fully saturated rings. The number of amides is 1. The fourth-order valence-corrected chi connectivity index (χ4v) is 1.66. The molecule has 19 heavy (non-hydrogen) atoms. The maximum atomic E-state index is 12.2. The molecule has 2 aromatic rings. The van der Waals surface area contributed by atoms with Gasteiger partial charge in [-0.2, -0.15) is 0 Å². The van der Waals surface area contributed by atoms with Gasteiger partial charge in [-0.25, -0.2) is 0 Å². The van der Waals surface area contributed by atoms with E-state index in [9.17, 15) is 4.79 Å². The van der Waals surface area contributed by atoms with E-state index in [0.29, 0.717) is 22.9 Å². The van der Waals surface area contributed by atoms with Gasteiger partial charge < -0.3 is 15.0 Å². The van der Waals surface area contributed by atoms with Gasteiger partial charge >= 0.3 is 0 Å². The molecule has 0 unspecified atom stereocenters. The van der Waals surface area contributed by atoms with E-state index in [1.165, 1.54) is 7.11 Å². The van der Waals surface area contributed by atoms with Gasteiger partial charge in [-0.15, -0.1) is 0 Å². The Bertz CT molecular complexity index is 620. The van der Waals surface area contributed by atoms with E-state index in [2.05, 4.69) is 10.5 Å². The van der Waals surface area contributed by atoms with Crippen molar-refractivity contribution >= 4 is 17.5 Å². The van der Waals surface area contributed by atoms with Crippen LogP contribution in [0.15, 0.2) is 22.7 Å². The molecule has 1 amide bonds. The Morgan fingerprint density at radius 3 is 2.74 bits per heavy atom. The van der Waals surface area contributed by atoms with Gasteiger partial charge in [0.2, 0.25) is 5.88 Å². The predicted octanol–water partition coefficient (Wildman–Crippen LogP) is 2.13. The van der Waals surface area contributed by atoms with Crippen molar-refractivity contribution in [3.05, 3.63) is 35.0 Å². The highest BCUT2D eigenvalue weighted by atomic mass is 16.5. The lowest BCUT2D eigenvalue weighted by Gasteiger charge is -2.10. The minimum atomic E-state index is -0.358. The molecule has 0 aliphatic carbocycles. The van der Waals surface area contributed by atoms with Gasteiger partial charge in [-0.1, -0.05) is 11.2 Å². The summed E-state index contributed by atoms with van der Waals surface area (Å²) in [5, 5.41) is 6.42. The van der Waals surface area contributed by atoms with Crippen LogP contribution in [0.4, 0.5) is 11.6 Å². The Morgan fingerprint density at radius 2 is 2.16 bits per heavy atom. The van der Waals surface area contributed by atoms with Crippen LogP contribution in [0.2, 0.25) is 0 Å².